The van der Waals surface area contributed by atoms with Crippen molar-refractivity contribution >= 4 is 11.7 Å². The lowest BCUT2D eigenvalue weighted by Gasteiger charge is -2.36. The van der Waals surface area contributed by atoms with Gasteiger partial charge in [-0.1, -0.05) is 24.3 Å². The normalized spacial score (nSPS) is 14.7. The Labute approximate surface area is 136 Å². The Balaban J connectivity index is 1.50. The number of anilines is 1. The molecule has 1 fully saturated rings. The molecule has 0 atom stereocenters. The average molecular weight is 310 g/mol. The van der Waals surface area contributed by atoms with Crippen LogP contribution in [0.2, 0.25) is 0 Å². The van der Waals surface area contributed by atoms with Gasteiger partial charge < -0.3 is 15.1 Å². The second kappa shape index (κ2) is 7.13. The third-order valence-corrected chi connectivity index (χ3v) is 4.19. The highest BCUT2D eigenvalue weighted by atomic mass is 16.2. The van der Waals surface area contributed by atoms with E-state index in [4.69, 9.17) is 0 Å². The lowest BCUT2D eigenvalue weighted by Crippen LogP contribution is -2.51. The van der Waals surface area contributed by atoms with Gasteiger partial charge in [-0.25, -0.2) is 4.79 Å². The van der Waals surface area contributed by atoms with Gasteiger partial charge in [-0.3, -0.25) is 4.98 Å². The van der Waals surface area contributed by atoms with Crippen LogP contribution in [0.3, 0.4) is 0 Å². The Morgan fingerprint density at radius 2 is 1.91 bits per heavy atom. The van der Waals surface area contributed by atoms with E-state index in [1.165, 1.54) is 11.3 Å². The smallest absolute Gasteiger partial charge is 0.317 e. The van der Waals surface area contributed by atoms with Gasteiger partial charge in [0.15, 0.2) is 0 Å². The number of benzene rings is 1. The van der Waals surface area contributed by atoms with Crippen molar-refractivity contribution in [1.29, 1.82) is 0 Å². The maximum absolute atomic E-state index is 12.3. The van der Waals surface area contributed by atoms with Crippen LogP contribution in [0.15, 0.2) is 48.8 Å². The lowest BCUT2D eigenvalue weighted by molar-refractivity contribution is 0.194. The van der Waals surface area contributed by atoms with Crippen molar-refractivity contribution < 1.29 is 4.79 Å². The van der Waals surface area contributed by atoms with E-state index in [1.807, 2.05) is 17.0 Å². The molecule has 1 aromatic heterocycles. The van der Waals surface area contributed by atoms with Gasteiger partial charge in [-0.05, 0) is 30.2 Å². The number of carbonyl (C=O) groups excluding carboxylic acids is 1. The van der Waals surface area contributed by atoms with E-state index in [2.05, 4.69) is 46.4 Å². The monoisotopic (exact) mass is 310 g/mol. The fraction of sp³-hybridized carbons (Fsp3) is 0.333. The Morgan fingerprint density at radius 3 is 2.61 bits per heavy atom. The van der Waals surface area contributed by atoms with Crippen LogP contribution < -0.4 is 10.2 Å². The van der Waals surface area contributed by atoms with Crippen molar-refractivity contribution in [1.82, 2.24) is 15.2 Å². The van der Waals surface area contributed by atoms with E-state index in [0.29, 0.717) is 6.54 Å². The van der Waals surface area contributed by atoms with Gasteiger partial charge in [-0.15, -0.1) is 0 Å². The second-order valence-electron chi connectivity index (χ2n) is 5.78. The van der Waals surface area contributed by atoms with E-state index in [0.717, 1.165) is 31.7 Å². The number of nitrogens with zero attached hydrogens (tertiary/aromatic N) is 3. The molecule has 2 heterocycles. The quantitative estimate of drug-likeness (QED) is 0.947. The molecule has 0 bridgehead atoms. The fourth-order valence-corrected chi connectivity index (χ4v) is 2.86. The first-order valence-corrected chi connectivity index (χ1v) is 7.96. The van der Waals surface area contributed by atoms with Gasteiger partial charge >= 0.3 is 6.03 Å². The van der Waals surface area contributed by atoms with Crippen molar-refractivity contribution in [2.24, 2.45) is 0 Å². The molecule has 5 heteroatoms. The highest BCUT2D eigenvalue weighted by molar-refractivity contribution is 5.74. The first-order chi connectivity index (χ1) is 11.2. The molecule has 0 saturated carbocycles. The van der Waals surface area contributed by atoms with Crippen molar-refractivity contribution in [3.05, 3.63) is 59.9 Å². The summed E-state index contributed by atoms with van der Waals surface area (Å²) in [4.78, 5) is 20.5. The summed E-state index contributed by atoms with van der Waals surface area (Å²) in [5, 5.41) is 2.96. The molecule has 0 unspecified atom stereocenters. The average Bonchev–Trinajstić information content (AvgIpc) is 2.61. The maximum atomic E-state index is 12.3. The molecule has 0 spiro atoms. The van der Waals surface area contributed by atoms with E-state index < -0.39 is 0 Å². The summed E-state index contributed by atoms with van der Waals surface area (Å²) >= 11 is 0. The highest BCUT2D eigenvalue weighted by Crippen LogP contribution is 2.20. The minimum absolute atomic E-state index is 0.00159. The van der Waals surface area contributed by atoms with Gasteiger partial charge in [0.25, 0.3) is 0 Å². The van der Waals surface area contributed by atoms with Crippen molar-refractivity contribution in [2.75, 3.05) is 31.1 Å². The Kier molecular flexibility index (Phi) is 4.76. The van der Waals surface area contributed by atoms with Crippen LogP contribution in [0.1, 0.15) is 11.1 Å². The number of hydrogen-bond donors (Lipinski definition) is 1. The molecule has 1 aliphatic rings. The van der Waals surface area contributed by atoms with Crippen LogP contribution in [0.5, 0.6) is 0 Å². The molecule has 23 heavy (non-hydrogen) atoms. The number of amides is 2. The topological polar surface area (TPSA) is 48.5 Å². The molecular formula is C18H22N4O. The van der Waals surface area contributed by atoms with E-state index in [9.17, 15) is 4.79 Å². The van der Waals surface area contributed by atoms with Crippen LogP contribution in [-0.4, -0.2) is 42.1 Å². The zero-order chi connectivity index (χ0) is 16.1. The molecule has 1 N–H and O–H groups in total. The molecule has 120 valence electrons. The molecule has 1 saturated heterocycles. The first-order valence-electron chi connectivity index (χ1n) is 7.96. The van der Waals surface area contributed by atoms with Crippen LogP contribution in [0.4, 0.5) is 10.5 Å². The van der Waals surface area contributed by atoms with Gasteiger partial charge in [0.2, 0.25) is 0 Å². The van der Waals surface area contributed by atoms with Crippen LogP contribution in [0, 0.1) is 6.92 Å². The predicted molar refractivity (Wildman–Crippen MR) is 91.4 cm³/mol. The zero-order valence-electron chi connectivity index (χ0n) is 13.4. The lowest BCUT2D eigenvalue weighted by atomic mass is 10.1. The van der Waals surface area contributed by atoms with Gasteiger partial charge in [0.1, 0.15) is 0 Å². The summed E-state index contributed by atoms with van der Waals surface area (Å²) in [6.07, 6.45) is 3.51. The van der Waals surface area contributed by atoms with Gasteiger partial charge in [0.05, 0.1) is 0 Å². The number of aryl methyl sites for hydroxylation is 1. The third-order valence-electron chi connectivity index (χ3n) is 4.19. The van der Waals surface area contributed by atoms with Crippen molar-refractivity contribution in [3.63, 3.8) is 0 Å². The summed E-state index contributed by atoms with van der Waals surface area (Å²) in [6, 6.07) is 12.2. The number of urea groups is 1. The summed E-state index contributed by atoms with van der Waals surface area (Å²) in [5.74, 6) is 0. The number of aromatic nitrogens is 1. The molecule has 1 aromatic carbocycles. The number of rotatable bonds is 3. The molecule has 0 radical (unpaired) electrons. The number of para-hydroxylation sites is 1. The van der Waals surface area contributed by atoms with E-state index in [1.54, 1.807) is 12.4 Å². The molecular weight excluding hydrogens is 288 g/mol. The number of nitrogens with one attached hydrogen (secondary N) is 1. The Hall–Kier alpha value is -2.56. The molecule has 1 aliphatic heterocycles. The Bertz CT molecular complexity index is 651. The predicted octanol–water partition coefficient (Wildman–Crippen LogP) is 2.42. The standard InChI is InChI=1S/C18H22N4O/c1-15-5-2-3-7-17(15)21-9-11-22(12-10-21)18(23)20-14-16-6-4-8-19-13-16/h2-8,13H,9-12,14H2,1H3,(H,20,23). The molecule has 0 aliphatic carbocycles. The molecule has 5 nitrogen and oxygen atoms in total. The minimum atomic E-state index is -0.00159. The fourth-order valence-electron chi connectivity index (χ4n) is 2.86. The van der Waals surface area contributed by atoms with Crippen molar-refractivity contribution in [2.45, 2.75) is 13.5 Å². The number of piperazine rings is 1. The summed E-state index contributed by atoms with van der Waals surface area (Å²) in [6.45, 7) is 5.86. The van der Waals surface area contributed by atoms with Crippen LogP contribution >= 0.6 is 0 Å². The van der Waals surface area contributed by atoms with Gasteiger partial charge in [0, 0.05) is 50.8 Å². The van der Waals surface area contributed by atoms with Crippen molar-refractivity contribution in [3.8, 4) is 0 Å². The number of carbonyl (C=O) groups is 1. The maximum Gasteiger partial charge on any atom is 0.317 e. The van der Waals surface area contributed by atoms with Crippen LogP contribution in [0.25, 0.3) is 0 Å². The third kappa shape index (κ3) is 3.80. The summed E-state index contributed by atoms with van der Waals surface area (Å²) in [5.41, 5.74) is 3.56. The SMILES string of the molecule is Cc1ccccc1N1CCN(C(=O)NCc2cccnc2)CC1. The summed E-state index contributed by atoms with van der Waals surface area (Å²) < 4.78 is 0. The van der Waals surface area contributed by atoms with Crippen LogP contribution in [-0.2, 0) is 6.54 Å². The highest BCUT2D eigenvalue weighted by Gasteiger charge is 2.21. The van der Waals surface area contributed by atoms with Gasteiger partial charge in [-0.2, -0.15) is 0 Å². The van der Waals surface area contributed by atoms with E-state index in [-0.39, 0.29) is 6.03 Å². The minimum Gasteiger partial charge on any atom is -0.368 e. The second-order valence-corrected chi connectivity index (χ2v) is 5.78. The largest absolute Gasteiger partial charge is 0.368 e. The zero-order valence-corrected chi connectivity index (χ0v) is 13.4. The number of hydrogen-bond acceptors (Lipinski definition) is 3. The molecule has 2 amide bonds. The first kappa shape index (κ1) is 15.3. The molecule has 2 aromatic rings. The molecule has 3 rings (SSSR count). The number of pyridine rings is 1. The summed E-state index contributed by atoms with van der Waals surface area (Å²) in [7, 11) is 0. The van der Waals surface area contributed by atoms with E-state index >= 15 is 0 Å². The Morgan fingerprint density at radius 1 is 1.13 bits per heavy atom.